The van der Waals surface area contributed by atoms with Crippen LogP contribution in [0.1, 0.15) is 22.6 Å². The van der Waals surface area contributed by atoms with Crippen molar-refractivity contribution in [2.45, 2.75) is 12.3 Å². The highest BCUT2D eigenvalue weighted by Crippen LogP contribution is 2.33. The molecule has 5 heterocycles. The van der Waals surface area contributed by atoms with Crippen molar-refractivity contribution >= 4 is 34.7 Å². The summed E-state index contributed by atoms with van der Waals surface area (Å²) < 4.78 is 51.0. The number of carbonyl (C=O) groups excluding carboxylic acids is 1. The minimum Gasteiger partial charge on any atom is -0.404 e. The van der Waals surface area contributed by atoms with Crippen LogP contribution in [-0.4, -0.2) is 70.7 Å². The number of benzodiazepines with no additional fused rings is 1. The van der Waals surface area contributed by atoms with Gasteiger partial charge in [-0.3, -0.25) is 4.79 Å². The second-order valence-electron chi connectivity index (χ2n) is 10.6. The number of anilines is 3. The van der Waals surface area contributed by atoms with E-state index in [2.05, 4.69) is 30.7 Å². The number of halogens is 3. The van der Waals surface area contributed by atoms with E-state index in [0.29, 0.717) is 49.1 Å². The first-order chi connectivity index (χ1) is 22.3. The van der Waals surface area contributed by atoms with Gasteiger partial charge < -0.3 is 29.6 Å². The molecule has 3 aliphatic heterocycles. The van der Waals surface area contributed by atoms with E-state index in [9.17, 15) is 18.0 Å². The predicted molar refractivity (Wildman–Crippen MR) is 164 cm³/mol. The molecule has 4 aromatic rings. The van der Waals surface area contributed by atoms with Crippen LogP contribution in [0.4, 0.5) is 30.7 Å². The van der Waals surface area contributed by atoms with Crippen LogP contribution >= 0.6 is 0 Å². The number of aromatic nitrogens is 3. The standard InChI is InChI=1S/C32H27F3N8O3/c33-32(34,35)21-10-11-26(36-18-21)43-13-12-25(42-14-16-45-17-15-42)23(19-43)30-40-41-31(46-30)39-28-29(44)37-24-9-5-4-8-22(24)27(38-28)20-6-2-1-3-7-20/h1-13,18,28H,14-17,19H2,(H,37,44)(H,39,41)/t28-/m1/s1. The number of hydrogen-bond acceptors (Lipinski definition) is 10. The summed E-state index contributed by atoms with van der Waals surface area (Å²) in [4.78, 5) is 26.0. The van der Waals surface area contributed by atoms with Crippen LogP contribution in [0.2, 0.25) is 0 Å². The molecule has 7 rings (SSSR count). The number of benzene rings is 2. The molecule has 0 spiro atoms. The Morgan fingerprint density at radius 3 is 2.50 bits per heavy atom. The molecule has 0 radical (unpaired) electrons. The zero-order valence-electron chi connectivity index (χ0n) is 24.2. The first-order valence-electron chi connectivity index (χ1n) is 14.5. The Bertz CT molecular complexity index is 1830. The lowest BCUT2D eigenvalue weighted by molar-refractivity contribution is -0.137. The van der Waals surface area contributed by atoms with Gasteiger partial charge >= 0.3 is 12.2 Å². The Labute approximate surface area is 261 Å². The van der Waals surface area contributed by atoms with Crippen molar-refractivity contribution < 1.29 is 27.1 Å². The summed E-state index contributed by atoms with van der Waals surface area (Å²) in [7, 11) is 0. The predicted octanol–water partition coefficient (Wildman–Crippen LogP) is 4.79. The van der Waals surface area contributed by atoms with Gasteiger partial charge in [-0.25, -0.2) is 9.98 Å². The van der Waals surface area contributed by atoms with E-state index < -0.39 is 23.8 Å². The van der Waals surface area contributed by atoms with E-state index in [1.54, 1.807) is 11.1 Å². The van der Waals surface area contributed by atoms with Gasteiger partial charge in [-0.05, 0) is 24.3 Å². The Morgan fingerprint density at radius 2 is 1.74 bits per heavy atom. The number of amides is 1. The Hall–Kier alpha value is -5.50. The third kappa shape index (κ3) is 5.94. The number of fused-ring (bicyclic) bond motifs is 1. The van der Waals surface area contributed by atoms with Crippen LogP contribution in [-0.2, 0) is 15.7 Å². The number of carbonyl (C=O) groups is 1. The molecule has 2 aromatic carbocycles. The highest BCUT2D eigenvalue weighted by Gasteiger charge is 2.32. The number of hydrogen-bond donors (Lipinski definition) is 2. The van der Waals surface area contributed by atoms with Crippen molar-refractivity contribution in [3.8, 4) is 0 Å². The molecule has 46 heavy (non-hydrogen) atoms. The van der Waals surface area contributed by atoms with E-state index in [0.717, 1.165) is 29.1 Å². The first kappa shape index (κ1) is 29.2. The molecule has 0 saturated carbocycles. The number of nitrogens with zero attached hydrogens (tertiary/aromatic N) is 6. The van der Waals surface area contributed by atoms with E-state index in [1.807, 2.05) is 60.7 Å². The topological polar surface area (TPSA) is 121 Å². The fourth-order valence-electron chi connectivity index (χ4n) is 5.43. The third-order valence-corrected chi connectivity index (χ3v) is 7.71. The monoisotopic (exact) mass is 628 g/mol. The molecule has 1 amide bonds. The van der Waals surface area contributed by atoms with Gasteiger partial charge in [-0.2, -0.15) is 13.2 Å². The van der Waals surface area contributed by atoms with Gasteiger partial charge in [0.1, 0.15) is 5.82 Å². The van der Waals surface area contributed by atoms with E-state index in [4.69, 9.17) is 14.1 Å². The van der Waals surface area contributed by atoms with E-state index in [1.165, 1.54) is 6.07 Å². The van der Waals surface area contributed by atoms with Crippen molar-refractivity contribution in [2.75, 3.05) is 48.4 Å². The summed E-state index contributed by atoms with van der Waals surface area (Å²) in [5.41, 5.74) is 3.45. The van der Waals surface area contributed by atoms with Crippen molar-refractivity contribution in [2.24, 2.45) is 4.99 Å². The van der Waals surface area contributed by atoms with Gasteiger partial charge in [-0.15, -0.1) is 5.10 Å². The molecule has 2 aromatic heterocycles. The van der Waals surface area contributed by atoms with Gasteiger partial charge in [0.25, 0.3) is 5.91 Å². The molecule has 0 aliphatic carbocycles. The number of ether oxygens (including phenoxy) is 1. The molecule has 1 saturated heterocycles. The van der Waals surface area contributed by atoms with Gasteiger partial charge in [0, 0.05) is 42.3 Å². The number of aliphatic imine (C=N–C) groups is 1. The smallest absolute Gasteiger partial charge is 0.404 e. The lowest BCUT2D eigenvalue weighted by Crippen LogP contribution is -2.38. The Kier molecular flexibility index (Phi) is 7.70. The zero-order chi connectivity index (χ0) is 31.7. The van der Waals surface area contributed by atoms with Crippen LogP contribution in [0.3, 0.4) is 0 Å². The molecular formula is C32H27F3N8O3. The van der Waals surface area contributed by atoms with Crippen LogP contribution in [0.25, 0.3) is 5.57 Å². The van der Waals surface area contributed by atoms with Crippen molar-refractivity contribution in [1.29, 1.82) is 0 Å². The quantitative estimate of drug-likeness (QED) is 0.311. The van der Waals surface area contributed by atoms with Crippen LogP contribution in [0.15, 0.2) is 100 Å². The number of nitrogens with one attached hydrogen (secondary N) is 2. The maximum atomic E-state index is 13.3. The molecule has 11 nitrogen and oxygen atoms in total. The van der Waals surface area contributed by atoms with Crippen LogP contribution in [0, 0.1) is 0 Å². The fraction of sp³-hybridized carbons (Fsp3) is 0.219. The first-order valence-corrected chi connectivity index (χ1v) is 14.5. The number of morpholine rings is 1. The summed E-state index contributed by atoms with van der Waals surface area (Å²) in [6.45, 7) is 2.51. The number of pyridine rings is 1. The lowest BCUT2D eigenvalue weighted by atomic mass is 10.0. The average Bonchev–Trinajstić information content (AvgIpc) is 3.50. The van der Waals surface area contributed by atoms with Gasteiger partial charge in [0.2, 0.25) is 12.1 Å². The molecule has 2 N–H and O–H groups in total. The number of allylic oxidation sites excluding steroid dienone is 1. The normalized spacial score (nSPS) is 18.5. The minimum atomic E-state index is -4.49. The van der Waals surface area contributed by atoms with Crippen molar-refractivity contribution in [3.63, 3.8) is 0 Å². The molecule has 1 fully saturated rings. The summed E-state index contributed by atoms with van der Waals surface area (Å²) in [5, 5.41) is 14.4. The SMILES string of the molecule is O=C1Nc2ccccc2C(c2ccccc2)=N[C@@H]1Nc1nnc(C2=C(N3CCOCC3)C=CN(c3ccc(C(F)(F)F)cn3)C2)o1. The number of alkyl halides is 3. The Morgan fingerprint density at radius 1 is 0.957 bits per heavy atom. The second kappa shape index (κ2) is 12.1. The van der Waals surface area contributed by atoms with Gasteiger partial charge in [-0.1, -0.05) is 53.6 Å². The molecule has 14 heteroatoms. The lowest BCUT2D eigenvalue weighted by Gasteiger charge is -2.34. The van der Waals surface area contributed by atoms with Gasteiger partial charge in [0.15, 0.2) is 0 Å². The highest BCUT2D eigenvalue weighted by atomic mass is 19.4. The minimum absolute atomic E-state index is 0.0279. The van der Waals surface area contributed by atoms with Crippen molar-refractivity contribution in [3.05, 3.63) is 113 Å². The highest BCUT2D eigenvalue weighted by molar-refractivity contribution is 6.19. The molecule has 0 unspecified atom stereocenters. The molecular weight excluding hydrogens is 601 g/mol. The summed E-state index contributed by atoms with van der Waals surface area (Å²) in [5.74, 6) is 0.0828. The maximum Gasteiger partial charge on any atom is 0.417 e. The molecule has 3 aliphatic rings. The fourth-order valence-corrected chi connectivity index (χ4v) is 5.43. The summed E-state index contributed by atoms with van der Waals surface area (Å²) in [6.07, 6.45) is -1.19. The second-order valence-corrected chi connectivity index (χ2v) is 10.6. The number of para-hydroxylation sites is 1. The van der Waals surface area contributed by atoms with Crippen LogP contribution in [0.5, 0.6) is 0 Å². The third-order valence-electron chi connectivity index (χ3n) is 7.71. The van der Waals surface area contributed by atoms with E-state index >= 15 is 0 Å². The number of rotatable bonds is 6. The molecule has 1 atom stereocenters. The van der Waals surface area contributed by atoms with E-state index in [-0.39, 0.29) is 18.5 Å². The zero-order valence-corrected chi connectivity index (χ0v) is 24.2. The Balaban J connectivity index is 1.19. The molecule has 0 bridgehead atoms. The largest absolute Gasteiger partial charge is 0.417 e. The van der Waals surface area contributed by atoms with Gasteiger partial charge in [0.05, 0.1) is 42.3 Å². The average molecular weight is 629 g/mol. The maximum absolute atomic E-state index is 13.3. The summed E-state index contributed by atoms with van der Waals surface area (Å²) in [6, 6.07) is 19.2. The van der Waals surface area contributed by atoms with Crippen LogP contribution < -0.4 is 15.5 Å². The summed E-state index contributed by atoms with van der Waals surface area (Å²) >= 11 is 0. The van der Waals surface area contributed by atoms with Crippen molar-refractivity contribution in [1.82, 2.24) is 20.1 Å². The molecule has 234 valence electrons.